The molecule has 2 heterocycles. The van der Waals surface area contributed by atoms with Crippen molar-refractivity contribution >= 4 is 11.9 Å². The number of hydrogen-bond donors (Lipinski definition) is 1. The quantitative estimate of drug-likeness (QED) is 0.814. The zero-order chi connectivity index (χ0) is 12.4. The molecule has 3 rings (SSSR count). The molecule has 1 aliphatic rings. The van der Waals surface area contributed by atoms with Gasteiger partial charge in [-0.25, -0.2) is 0 Å². The molecule has 0 saturated carbocycles. The molecular weight excluding hydrogens is 224 g/mol. The van der Waals surface area contributed by atoms with Crippen LogP contribution < -0.4 is 5.32 Å². The fourth-order valence-corrected chi connectivity index (χ4v) is 2.21. The van der Waals surface area contributed by atoms with Crippen LogP contribution in [-0.2, 0) is 4.79 Å². The molecule has 1 N–H and O–H groups in total. The second-order valence-electron chi connectivity index (χ2n) is 4.17. The van der Waals surface area contributed by atoms with E-state index in [0.29, 0.717) is 0 Å². The van der Waals surface area contributed by atoms with E-state index >= 15 is 0 Å². The number of hydrogen-bond acceptors (Lipinski definition) is 3. The summed E-state index contributed by atoms with van der Waals surface area (Å²) in [6, 6.07) is 11.7. The molecular formula is C15H12N2O. The average molecular weight is 236 g/mol. The van der Waals surface area contributed by atoms with E-state index in [2.05, 4.69) is 22.4 Å². The predicted molar refractivity (Wildman–Crippen MR) is 69.7 cm³/mol. The Labute approximate surface area is 105 Å². The molecule has 1 aromatic carbocycles. The molecule has 0 spiro atoms. The molecule has 0 radical (unpaired) electrons. The van der Waals surface area contributed by atoms with Crippen LogP contribution >= 0.6 is 0 Å². The van der Waals surface area contributed by atoms with Crippen molar-refractivity contribution < 1.29 is 4.79 Å². The van der Waals surface area contributed by atoms with Crippen LogP contribution in [0.4, 0.5) is 0 Å². The molecule has 3 nitrogen and oxygen atoms in total. The molecule has 3 heteroatoms. The molecule has 0 saturated heterocycles. The minimum atomic E-state index is -0.304. The zero-order valence-corrected chi connectivity index (χ0v) is 9.71. The molecule has 0 amide bonds. The summed E-state index contributed by atoms with van der Waals surface area (Å²) in [7, 11) is 0. The SMILES string of the molecule is O=CC1NC=C(c2ccccc2)c2ccncc21. The van der Waals surface area contributed by atoms with Gasteiger partial charge in [0.25, 0.3) is 0 Å². The Kier molecular flexibility index (Phi) is 2.65. The first-order valence-electron chi connectivity index (χ1n) is 5.81. The van der Waals surface area contributed by atoms with Gasteiger partial charge in [-0.2, -0.15) is 0 Å². The summed E-state index contributed by atoms with van der Waals surface area (Å²) in [6.45, 7) is 0. The Balaban J connectivity index is 2.14. The third-order valence-electron chi connectivity index (χ3n) is 3.11. The number of fused-ring (bicyclic) bond motifs is 1. The monoisotopic (exact) mass is 236 g/mol. The first kappa shape index (κ1) is 10.7. The summed E-state index contributed by atoms with van der Waals surface area (Å²) in [4.78, 5) is 15.1. The lowest BCUT2D eigenvalue weighted by Crippen LogP contribution is -2.23. The van der Waals surface area contributed by atoms with Gasteiger partial charge in [-0.05, 0) is 17.2 Å². The van der Waals surface area contributed by atoms with Gasteiger partial charge in [-0.1, -0.05) is 30.3 Å². The van der Waals surface area contributed by atoms with Crippen molar-refractivity contribution in [1.29, 1.82) is 0 Å². The van der Waals surface area contributed by atoms with Gasteiger partial charge in [-0.3, -0.25) is 4.98 Å². The van der Waals surface area contributed by atoms with E-state index < -0.39 is 0 Å². The van der Waals surface area contributed by atoms with Crippen LogP contribution in [0, 0.1) is 0 Å². The second-order valence-corrected chi connectivity index (χ2v) is 4.17. The predicted octanol–water partition coefficient (Wildman–Crippen LogP) is 2.31. The molecule has 0 fully saturated rings. The topological polar surface area (TPSA) is 42.0 Å². The van der Waals surface area contributed by atoms with E-state index in [1.807, 2.05) is 30.5 Å². The summed E-state index contributed by atoms with van der Waals surface area (Å²) >= 11 is 0. The molecule has 1 aliphatic heterocycles. The number of carbonyl (C=O) groups excluding carboxylic acids is 1. The molecule has 88 valence electrons. The van der Waals surface area contributed by atoms with Gasteiger partial charge in [0.15, 0.2) is 0 Å². The van der Waals surface area contributed by atoms with Crippen LogP contribution in [0.2, 0.25) is 0 Å². The standard InChI is InChI=1S/C15H12N2O/c18-10-15-14-8-16-7-6-12(14)13(9-17-15)11-4-2-1-3-5-11/h1-10,15,17H. The van der Waals surface area contributed by atoms with Crippen LogP contribution in [-0.4, -0.2) is 11.3 Å². The van der Waals surface area contributed by atoms with Gasteiger partial charge < -0.3 is 10.1 Å². The summed E-state index contributed by atoms with van der Waals surface area (Å²) in [5.41, 5.74) is 4.20. The maximum Gasteiger partial charge on any atom is 0.146 e. The van der Waals surface area contributed by atoms with Crippen LogP contribution in [0.3, 0.4) is 0 Å². The van der Waals surface area contributed by atoms with Crippen LogP contribution in [0.15, 0.2) is 55.0 Å². The molecule has 1 aromatic heterocycles. The Hall–Kier alpha value is -2.42. The van der Waals surface area contributed by atoms with E-state index in [9.17, 15) is 4.79 Å². The smallest absolute Gasteiger partial charge is 0.146 e. The number of nitrogens with zero attached hydrogens (tertiary/aromatic N) is 1. The largest absolute Gasteiger partial charge is 0.377 e. The van der Waals surface area contributed by atoms with E-state index in [4.69, 9.17) is 0 Å². The highest BCUT2D eigenvalue weighted by Gasteiger charge is 2.21. The van der Waals surface area contributed by atoms with Crippen LogP contribution in [0.5, 0.6) is 0 Å². The molecule has 2 aromatic rings. The molecule has 1 atom stereocenters. The van der Waals surface area contributed by atoms with Gasteiger partial charge in [0.05, 0.1) is 0 Å². The Morgan fingerprint density at radius 2 is 2.00 bits per heavy atom. The van der Waals surface area contributed by atoms with Crippen LogP contribution in [0.25, 0.3) is 5.57 Å². The van der Waals surface area contributed by atoms with E-state index in [-0.39, 0.29) is 6.04 Å². The average Bonchev–Trinajstić information content (AvgIpc) is 2.47. The van der Waals surface area contributed by atoms with Gasteiger partial charge in [-0.15, -0.1) is 0 Å². The van der Waals surface area contributed by atoms with Crippen LogP contribution in [0.1, 0.15) is 22.7 Å². The number of carbonyl (C=O) groups is 1. The van der Waals surface area contributed by atoms with Crippen molar-refractivity contribution in [2.24, 2.45) is 0 Å². The third-order valence-corrected chi connectivity index (χ3v) is 3.11. The van der Waals surface area contributed by atoms with Gasteiger partial charge in [0.2, 0.25) is 0 Å². The fraction of sp³-hybridized carbons (Fsp3) is 0.0667. The van der Waals surface area contributed by atoms with Gasteiger partial charge in [0, 0.05) is 29.7 Å². The minimum absolute atomic E-state index is 0.304. The van der Waals surface area contributed by atoms with Crippen molar-refractivity contribution in [2.45, 2.75) is 6.04 Å². The molecule has 1 unspecified atom stereocenters. The number of aldehydes is 1. The maximum atomic E-state index is 11.0. The van der Waals surface area contributed by atoms with Gasteiger partial charge in [0.1, 0.15) is 12.3 Å². The van der Waals surface area contributed by atoms with Crippen molar-refractivity contribution in [1.82, 2.24) is 10.3 Å². The second kappa shape index (κ2) is 4.45. The fourth-order valence-electron chi connectivity index (χ4n) is 2.21. The zero-order valence-electron chi connectivity index (χ0n) is 9.71. The number of pyridine rings is 1. The van der Waals surface area contributed by atoms with Crippen molar-refractivity contribution in [3.8, 4) is 0 Å². The number of nitrogens with one attached hydrogen (secondary N) is 1. The Morgan fingerprint density at radius 1 is 1.17 bits per heavy atom. The summed E-state index contributed by atoms with van der Waals surface area (Å²) in [6.07, 6.45) is 6.30. The van der Waals surface area contributed by atoms with E-state index in [1.165, 1.54) is 0 Å². The lowest BCUT2D eigenvalue weighted by atomic mass is 9.90. The normalized spacial score (nSPS) is 17.3. The number of rotatable bonds is 2. The molecule has 18 heavy (non-hydrogen) atoms. The third kappa shape index (κ3) is 1.70. The Bertz CT molecular complexity index is 605. The minimum Gasteiger partial charge on any atom is -0.377 e. The number of benzene rings is 1. The van der Waals surface area contributed by atoms with Crippen molar-refractivity contribution in [3.05, 3.63) is 71.7 Å². The molecule has 0 aliphatic carbocycles. The summed E-state index contributed by atoms with van der Waals surface area (Å²) < 4.78 is 0. The van der Waals surface area contributed by atoms with Crippen molar-refractivity contribution in [2.75, 3.05) is 0 Å². The lowest BCUT2D eigenvalue weighted by molar-refractivity contribution is -0.109. The highest BCUT2D eigenvalue weighted by molar-refractivity contribution is 5.84. The van der Waals surface area contributed by atoms with E-state index in [0.717, 1.165) is 28.5 Å². The first-order valence-corrected chi connectivity index (χ1v) is 5.81. The number of aromatic nitrogens is 1. The highest BCUT2D eigenvalue weighted by atomic mass is 16.1. The highest BCUT2D eigenvalue weighted by Crippen LogP contribution is 2.31. The van der Waals surface area contributed by atoms with E-state index in [1.54, 1.807) is 12.4 Å². The molecule has 0 bridgehead atoms. The Morgan fingerprint density at radius 3 is 2.78 bits per heavy atom. The summed E-state index contributed by atoms with van der Waals surface area (Å²) in [5.74, 6) is 0. The summed E-state index contributed by atoms with van der Waals surface area (Å²) in [5, 5.41) is 3.10. The first-order chi connectivity index (χ1) is 8.90. The van der Waals surface area contributed by atoms with Gasteiger partial charge >= 0.3 is 0 Å². The van der Waals surface area contributed by atoms with Crippen molar-refractivity contribution in [3.63, 3.8) is 0 Å². The maximum absolute atomic E-state index is 11.0. The lowest BCUT2D eigenvalue weighted by Gasteiger charge is -2.23.